The first-order valence-corrected chi connectivity index (χ1v) is 5.23. The molecule has 2 saturated heterocycles. The molecule has 0 aromatic heterocycles. The maximum atomic E-state index is 5.95. The molecule has 2 aliphatic rings. The van der Waals surface area contributed by atoms with E-state index >= 15 is 0 Å². The predicted molar refractivity (Wildman–Crippen MR) is 48.5 cm³/mol. The van der Waals surface area contributed by atoms with Crippen molar-refractivity contribution in [1.29, 1.82) is 0 Å². The van der Waals surface area contributed by atoms with Crippen LogP contribution in [-0.4, -0.2) is 31.2 Å². The molecule has 0 unspecified atom stereocenters. The normalized spacial score (nSPS) is 37.4. The summed E-state index contributed by atoms with van der Waals surface area (Å²) in [6, 6.07) is 0. The van der Waals surface area contributed by atoms with Crippen LogP contribution in [-0.2, 0) is 14.2 Å². The van der Waals surface area contributed by atoms with Gasteiger partial charge in [-0.2, -0.15) is 0 Å². The number of hydrogen-bond acceptors (Lipinski definition) is 3. The smallest absolute Gasteiger partial charge is 0.168 e. The minimum Gasteiger partial charge on any atom is -0.373 e. The van der Waals surface area contributed by atoms with Gasteiger partial charge in [0.25, 0.3) is 0 Å². The first-order chi connectivity index (χ1) is 6.29. The van der Waals surface area contributed by atoms with E-state index in [-0.39, 0.29) is 18.0 Å². The molecule has 0 saturated carbocycles. The number of ether oxygens (including phenoxy) is 3. The molecule has 2 atom stereocenters. The van der Waals surface area contributed by atoms with Gasteiger partial charge in [0.2, 0.25) is 0 Å². The first-order valence-electron chi connectivity index (χ1n) is 5.23. The molecule has 0 spiro atoms. The molecule has 2 fully saturated rings. The van der Waals surface area contributed by atoms with Crippen LogP contribution in [0.5, 0.6) is 0 Å². The lowest BCUT2D eigenvalue weighted by Gasteiger charge is -2.41. The Bertz CT molecular complexity index is 177. The highest BCUT2D eigenvalue weighted by Gasteiger charge is 2.43. The van der Waals surface area contributed by atoms with Crippen molar-refractivity contribution < 1.29 is 14.2 Å². The summed E-state index contributed by atoms with van der Waals surface area (Å²) in [5.41, 5.74) is 0. The molecular formula is C10H18O3. The third-order valence-corrected chi connectivity index (χ3v) is 3.10. The summed E-state index contributed by atoms with van der Waals surface area (Å²) in [6.45, 7) is 5.74. The minimum atomic E-state index is -0.325. The fraction of sp³-hybridized carbons (Fsp3) is 1.00. The van der Waals surface area contributed by atoms with Crippen molar-refractivity contribution in [2.75, 3.05) is 13.2 Å². The standard InChI is InChI=1S/C10H18O3/c1-3-10(4-2)12-7-9-8(13-10)5-6-11-9/h8-9H,3-7H2,1-2H3/t8-,9-/m1/s1. The molecule has 0 aromatic rings. The van der Waals surface area contributed by atoms with E-state index in [1.54, 1.807) is 0 Å². The van der Waals surface area contributed by atoms with E-state index in [1.165, 1.54) is 0 Å². The second-order valence-corrected chi connectivity index (χ2v) is 3.78. The lowest BCUT2D eigenvalue weighted by Crippen LogP contribution is -2.49. The summed E-state index contributed by atoms with van der Waals surface area (Å²) in [5.74, 6) is -0.325. The van der Waals surface area contributed by atoms with E-state index in [2.05, 4.69) is 13.8 Å². The van der Waals surface area contributed by atoms with Gasteiger partial charge < -0.3 is 14.2 Å². The van der Waals surface area contributed by atoms with Gasteiger partial charge >= 0.3 is 0 Å². The Morgan fingerprint density at radius 1 is 1.23 bits per heavy atom. The van der Waals surface area contributed by atoms with Gasteiger partial charge in [0.05, 0.1) is 12.7 Å². The molecule has 76 valence electrons. The molecule has 13 heavy (non-hydrogen) atoms. The summed E-state index contributed by atoms with van der Waals surface area (Å²) in [4.78, 5) is 0. The second-order valence-electron chi connectivity index (χ2n) is 3.78. The van der Waals surface area contributed by atoms with Crippen LogP contribution < -0.4 is 0 Å². The summed E-state index contributed by atoms with van der Waals surface area (Å²) in [7, 11) is 0. The van der Waals surface area contributed by atoms with Gasteiger partial charge in [-0.25, -0.2) is 0 Å². The highest BCUT2D eigenvalue weighted by atomic mass is 16.7. The van der Waals surface area contributed by atoms with Gasteiger partial charge in [0, 0.05) is 6.61 Å². The highest BCUT2D eigenvalue weighted by molar-refractivity contribution is 4.84. The van der Waals surface area contributed by atoms with Gasteiger partial charge in [0.15, 0.2) is 5.79 Å². The summed E-state index contributed by atoms with van der Waals surface area (Å²) >= 11 is 0. The highest BCUT2D eigenvalue weighted by Crippen LogP contribution is 2.34. The Morgan fingerprint density at radius 3 is 2.69 bits per heavy atom. The third-order valence-electron chi connectivity index (χ3n) is 3.10. The van der Waals surface area contributed by atoms with E-state index in [1.807, 2.05) is 0 Å². The predicted octanol–water partition coefficient (Wildman–Crippen LogP) is 1.71. The van der Waals surface area contributed by atoms with Crippen molar-refractivity contribution in [3.05, 3.63) is 0 Å². The molecule has 0 bridgehead atoms. The van der Waals surface area contributed by atoms with Gasteiger partial charge in [-0.3, -0.25) is 0 Å². The van der Waals surface area contributed by atoms with Crippen molar-refractivity contribution in [3.63, 3.8) is 0 Å². The Labute approximate surface area is 79.4 Å². The van der Waals surface area contributed by atoms with E-state index in [9.17, 15) is 0 Å². The Balaban J connectivity index is 2.02. The molecular weight excluding hydrogens is 168 g/mol. The summed E-state index contributed by atoms with van der Waals surface area (Å²) < 4.78 is 17.2. The fourth-order valence-corrected chi connectivity index (χ4v) is 2.08. The van der Waals surface area contributed by atoms with Crippen LogP contribution >= 0.6 is 0 Å². The quantitative estimate of drug-likeness (QED) is 0.657. The molecule has 0 radical (unpaired) electrons. The molecule has 0 aliphatic carbocycles. The number of rotatable bonds is 2. The monoisotopic (exact) mass is 186 g/mol. The van der Waals surface area contributed by atoms with Crippen molar-refractivity contribution in [2.45, 2.75) is 51.1 Å². The maximum absolute atomic E-state index is 5.95. The topological polar surface area (TPSA) is 27.7 Å². The van der Waals surface area contributed by atoms with Crippen molar-refractivity contribution >= 4 is 0 Å². The summed E-state index contributed by atoms with van der Waals surface area (Å²) in [6.07, 6.45) is 3.33. The molecule has 0 aromatic carbocycles. The van der Waals surface area contributed by atoms with E-state index in [0.29, 0.717) is 6.61 Å². The van der Waals surface area contributed by atoms with Crippen LogP contribution in [0.2, 0.25) is 0 Å². The minimum absolute atomic E-state index is 0.186. The van der Waals surface area contributed by atoms with Crippen LogP contribution in [0.1, 0.15) is 33.1 Å². The zero-order valence-electron chi connectivity index (χ0n) is 8.41. The summed E-state index contributed by atoms with van der Waals surface area (Å²) in [5, 5.41) is 0. The van der Waals surface area contributed by atoms with E-state index < -0.39 is 0 Å². The molecule has 3 nitrogen and oxygen atoms in total. The van der Waals surface area contributed by atoms with Crippen LogP contribution in [0.15, 0.2) is 0 Å². The van der Waals surface area contributed by atoms with Crippen molar-refractivity contribution in [2.24, 2.45) is 0 Å². The SMILES string of the molecule is CCC1(CC)OC[C@H]2OCC[C@H]2O1. The molecule has 0 N–H and O–H groups in total. The van der Waals surface area contributed by atoms with Gasteiger partial charge in [0.1, 0.15) is 6.10 Å². The van der Waals surface area contributed by atoms with Gasteiger partial charge in [-0.05, 0) is 19.3 Å². The van der Waals surface area contributed by atoms with Crippen LogP contribution in [0.3, 0.4) is 0 Å². The third kappa shape index (κ3) is 1.60. The molecule has 3 heteroatoms. The molecule has 0 amide bonds. The van der Waals surface area contributed by atoms with Crippen LogP contribution in [0, 0.1) is 0 Å². The van der Waals surface area contributed by atoms with Crippen molar-refractivity contribution in [1.82, 2.24) is 0 Å². The van der Waals surface area contributed by atoms with Crippen LogP contribution in [0.25, 0.3) is 0 Å². The average Bonchev–Trinajstić information content (AvgIpc) is 2.64. The van der Waals surface area contributed by atoms with Gasteiger partial charge in [-0.1, -0.05) is 13.8 Å². The lowest BCUT2D eigenvalue weighted by molar-refractivity contribution is -0.312. The fourth-order valence-electron chi connectivity index (χ4n) is 2.08. The van der Waals surface area contributed by atoms with Gasteiger partial charge in [-0.15, -0.1) is 0 Å². The van der Waals surface area contributed by atoms with Crippen LogP contribution in [0.4, 0.5) is 0 Å². The Morgan fingerprint density at radius 2 is 2.00 bits per heavy atom. The molecule has 2 rings (SSSR count). The lowest BCUT2D eigenvalue weighted by atomic mass is 10.1. The van der Waals surface area contributed by atoms with E-state index in [0.717, 1.165) is 25.9 Å². The first kappa shape index (κ1) is 9.44. The van der Waals surface area contributed by atoms with E-state index in [4.69, 9.17) is 14.2 Å². The number of fused-ring (bicyclic) bond motifs is 1. The molecule has 2 heterocycles. The zero-order valence-corrected chi connectivity index (χ0v) is 8.41. The van der Waals surface area contributed by atoms with Crippen molar-refractivity contribution in [3.8, 4) is 0 Å². The number of hydrogen-bond donors (Lipinski definition) is 0. The Kier molecular flexibility index (Phi) is 2.58. The molecule has 2 aliphatic heterocycles. The average molecular weight is 186 g/mol. The maximum Gasteiger partial charge on any atom is 0.168 e. The largest absolute Gasteiger partial charge is 0.373 e. The second kappa shape index (κ2) is 3.56. The Hall–Kier alpha value is -0.120. The zero-order chi connectivity index (χ0) is 9.31.